The summed E-state index contributed by atoms with van der Waals surface area (Å²) in [6, 6.07) is 34.4. The first kappa shape index (κ1) is 35.5. The molecular weight excluding hydrogens is 644 g/mol. The molecule has 5 atom stereocenters. The summed E-state index contributed by atoms with van der Waals surface area (Å²) in [5, 5.41) is 0. The fourth-order valence-corrected chi connectivity index (χ4v) is 6.20. The maximum atomic E-state index is 13.9. The van der Waals surface area contributed by atoms with Crippen molar-refractivity contribution in [2.75, 3.05) is 0 Å². The summed E-state index contributed by atoms with van der Waals surface area (Å²) in [4.78, 5) is 53.3. The summed E-state index contributed by atoms with van der Waals surface area (Å²) >= 11 is 1.21. The number of aryl methyl sites for hydroxylation is 1. The largest absolute Gasteiger partial charge is 0.459 e. The van der Waals surface area contributed by atoms with Crippen LogP contribution in [0.3, 0.4) is 0 Å². The molecule has 0 bridgehead atoms. The zero-order valence-corrected chi connectivity index (χ0v) is 28.1. The van der Waals surface area contributed by atoms with E-state index in [-0.39, 0.29) is 37.4 Å². The number of Topliss-reactive ketones (excluding diaryl/α,β-unsaturated/α-hetero) is 1. The normalized spacial score (nSPS) is 20.2. The van der Waals surface area contributed by atoms with Gasteiger partial charge in [0.15, 0.2) is 18.3 Å². The SMILES string of the molecule is CC(=O)CCC(=O)O[C@@H]1[C@@H](OC(=O)c2ccccc2)[C@H](Sc2ccc(C)cc2)O[C@H](C(=O)OCc2ccccc2)[C@H]1OCc1ccccc1. The van der Waals surface area contributed by atoms with Gasteiger partial charge in [-0.1, -0.05) is 108 Å². The van der Waals surface area contributed by atoms with E-state index in [0.717, 1.165) is 21.6 Å². The molecule has 0 amide bonds. The summed E-state index contributed by atoms with van der Waals surface area (Å²) in [6.07, 6.45) is -5.45. The van der Waals surface area contributed by atoms with Crippen LogP contribution in [0.4, 0.5) is 0 Å². The molecular formula is C39H38O9S. The molecule has 0 spiro atoms. The lowest BCUT2D eigenvalue weighted by atomic mass is 9.98. The van der Waals surface area contributed by atoms with Gasteiger partial charge < -0.3 is 28.5 Å². The van der Waals surface area contributed by atoms with Crippen molar-refractivity contribution in [3.05, 3.63) is 138 Å². The van der Waals surface area contributed by atoms with Crippen LogP contribution in [0.15, 0.2) is 120 Å². The fraction of sp³-hybridized carbons (Fsp3) is 0.282. The van der Waals surface area contributed by atoms with Crippen molar-refractivity contribution in [1.29, 1.82) is 0 Å². The summed E-state index contributed by atoms with van der Waals surface area (Å²) < 4.78 is 30.7. The van der Waals surface area contributed by atoms with Crippen molar-refractivity contribution in [1.82, 2.24) is 0 Å². The van der Waals surface area contributed by atoms with Gasteiger partial charge in [-0.2, -0.15) is 0 Å². The van der Waals surface area contributed by atoms with Gasteiger partial charge in [0, 0.05) is 11.3 Å². The molecule has 9 nitrogen and oxygen atoms in total. The number of rotatable bonds is 14. The van der Waals surface area contributed by atoms with Gasteiger partial charge in [0.25, 0.3) is 0 Å². The number of carbonyl (C=O) groups is 4. The standard InChI is InChI=1S/C39H38O9S/c1-26-18-21-31(22-19-26)49-39-36(47-37(42)30-16-10-5-11-17-30)34(46-32(41)23-20-27(2)40)33(44-24-28-12-6-3-7-13-28)35(48-39)38(43)45-25-29-14-8-4-9-15-29/h3-19,21-22,33-36,39H,20,23-25H2,1-2H3/t33-,34-,35-,36+,39-/m0/s1. The number of benzene rings is 4. The molecule has 0 radical (unpaired) electrons. The Kier molecular flexibility index (Phi) is 12.7. The second kappa shape index (κ2) is 17.6. The molecule has 1 fully saturated rings. The number of ether oxygens (including phenoxy) is 5. The van der Waals surface area contributed by atoms with Crippen LogP contribution in [-0.4, -0.2) is 53.5 Å². The first-order valence-electron chi connectivity index (χ1n) is 16.0. The quantitative estimate of drug-likeness (QED) is 0.106. The third-order valence-electron chi connectivity index (χ3n) is 7.71. The molecule has 4 aromatic carbocycles. The number of esters is 3. The first-order chi connectivity index (χ1) is 23.8. The Hall–Kier alpha value is -4.77. The zero-order valence-electron chi connectivity index (χ0n) is 27.3. The maximum absolute atomic E-state index is 13.9. The second-order valence-electron chi connectivity index (χ2n) is 11.6. The van der Waals surface area contributed by atoms with E-state index in [9.17, 15) is 19.2 Å². The van der Waals surface area contributed by atoms with Crippen LogP contribution >= 0.6 is 11.8 Å². The van der Waals surface area contributed by atoms with Crippen LogP contribution in [0, 0.1) is 6.92 Å². The highest BCUT2D eigenvalue weighted by Gasteiger charge is 2.54. The van der Waals surface area contributed by atoms with Gasteiger partial charge in [0.2, 0.25) is 0 Å². The van der Waals surface area contributed by atoms with Gasteiger partial charge in [-0.25, -0.2) is 9.59 Å². The lowest BCUT2D eigenvalue weighted by molar-refractivity contribution is -0.235. The van der Waals surface area contributed by atoms with Crippen LogP contribution in [0.1, 0.15) is 46.8 Å². The Morgan fingerprint density at radius 2 is 1.27 bits per heavy atom. The molecule has 0 saturated carbocycles. The average molecular weight is 683 g/mol. The highest BCUT2D eigenvalue weighted by Crippen LogP contribution is 2.38. The molecule has 1 aliphatic heterocycles. The fourth-order valence-electron chi connectivity index (χ4n) is 5.12. The summed E-state index contributed by atoms with van der Waals surface area (Å²) in [6.45, 7) is 3.33. The lowest BCUT2D eigenvalue weighted by Gasteiger charge is -2.44. The van der Waals surface area contributed by atoms with Gasteiger partial charge in [-0.3, -0.25) is 4.79 Å². The van der Waals surface area contributed by atoms with Crippen molar-refractivity contribution < 1.29 is 42.9 Å². The van der Waals surface area contributed by atoms with Gasteiger partial charge in [0.1, 0.15) is 23.9 Å². The van der Waals surface area contributed by atoms with E-state index < -0.39 is 47.8 Å². The van der Waals surface area contributed by atoms with E-state index in [2.05, 4.69) is 0 Å². The predicted molar refractivity (Wildman–Crippen MR) is 182 cm³/mol. The first-order valence-corrected chi connectivity index (χ1v) is 16.8. The van der Waals surface area contributed by atoms with Crippen molar-refractivity contribution in [2.24, 2.45) is 0 Å². The molecule has 0 aliphatic carbocycles. The number of thioether (sulfide) groups is 1. The molecule has 4 aromatic rings. The van der Waals surface area contributed by atoms with Crippen LogP contribution < -0.4 is 0 Å². The zero-order chi connectivity index (χ0) is 34.6. The van der Waals surface area contributed by atoms with Crippen LogP contribution in [-0.2, 0) is 51.3 Å². The Morgan fingerprint density at radius 3 is 1.88 bits per heavy atom. The summed E-state index contributed by atoms with van der Waals surface area (Å²) in [5.74, 6) is -2.33. The van der Waals surface area contributed by atoms with E-state index in [1.807, 2.05) is 91.9 Å². The smallest absolute Gasteiger partial charge is 0.338 e. The van der Waals surface area contributed by atoms with Crippen LogP contribution in [0.2, 0.25) is 0 Å². The number of hydrogen-bond donors (Lipinski definition) is 0. The van der Waals surface area contributed by atoms with Gasteiger partial charge in [-0.05, 0) is 49.2 Å². The number of carbonyl (C=O) groups excluding carboxylic acids is 4. The molecule has 0 aromatic heterocycles. The van der Waals surface area contributed by atoms with E-state index >= 15 is 0 Å². The molecule has 0 unspecified atom stereocenters. The van der Waals surface area contributed by atoms with Crippen molar-refractivity contribution in [3.63, 3.8) is 0 Å². The Balaban J connectivity index is 1.53. The maximum Gasteiger partial charge on any atom is 0.338 e. The van der Waals surface area contributed by atoms with Crippen LogP contribution in [0.25, 0.3) is 0 Å². The average Bonchev–Trinajstić information content (AvgIpc) is 3.12. The molecule has 0 N–H and O–H groups in total. The minimum Gasteiger partial charge on any atom is -0.459 e. The van der Waals surface area contributed by atoms with Gasteiger partial charge in [0.05, 0.1) is 18.6 Å². The molecule has 5 rings (SSSR count). The van der Waals surface area contributed by atoms with E-state index in [0.29, 0.717) is 0 Å². The van der Waals surface area contributed by atoms with Crippen molar-refractivity contribution in [2.45, 2.75) is 74.7 Å². The van der Waals surface area contributed by atoms with Gasteiger partial charge >= 0.3 is 17.9 Å². The molecule has 49 heavy (non-hydrogen) atoms. The minimum absolute atomic E-state index is 0.0218. The van der Waals surface area contributed by atoms with Crippen molar-refractivity contribution >= 4 is 35.5 Å². The van der Waals surface area contributed by atoms with E-state index in [1.165, 1.54) is 18.7 Å². The lowest BCUT2D eigenvalue weighted by Crippen LogP contribution is -2.62. The van der Waals surface area contributed by atoms with Gasteiger partial charge in [-0.15, -0.1) is 0 Å². The van der Waals surface area contributed by atoms with E-state index in [1.54, 1.807) is 30.3 Å². The van der Waals surface area contributed by atoms with Crippen molar-refractivity contribution in [3.8, 4) is 0 Å². The second-order valence-corrected chi connectivity index (χ2v) is 12.8. The Morgan fingerprint density at radius 1 is 0.673 bits per heavy atom. The highest BCUT2D eigenvalue weighted by molar-refractivity contribution is 7.99. The third kappa shape index (κ3) is 10.4. The topological polar surface area (TPSA) is 114 Å². The Labute approximate surface area is 289 Å². The predicted octanol–water partition coefficient (Wildman–Crippen LogP) is 6.65. The third-order valence-corrected chi connectivity index (χ3v) is 8.87. The summed E-state index contributed by atoms with van der Waals surface area (Å²) in [7, 11) is 0. The molecule has 10 heteroatoms. The summed E-state index contributed by atoms with van der Waals surface area (Å²) in [5.41, 5.74) is 1.83. The molecule has 1 heterocycles. The van der Waals surface area contributed by atoms with E-state index in [4.69, 9.17) is 23.7 Å². The highest BCUT2D eigenvalue weighted by atomic mass is 32.2. The molecule has 1 aliphatic rings. The molecule has 254 valence electrons. The number of ketones is 1. The number of hydrogen-bond acceptors (Lipinski definition) is 10. The van der Waals surface area contributed by atoms with Crippen LogP contribution in [0.5, 0.6) is 0 Å². The monoisotopic (exact) mass is 682 g/mol. The molecule has 1 saturated heterocycles. The Bertz CT molecular complexity index is 1680. The minimum atomic E-state index is -1.38.